The van der Waals surface area contributed by atoms with Gasteiger partial charge < -0.3 is 5.32 Å². The molecule has 0 amide bonds. The summed E-state index contributed by atoms with van der Waals surface area (Å²) in [6, 6.07) is 12.4. The van der Waals surface area contributed by atoms with Crippen LogP contribution in [-0.2, 0) is 6.54 Å². The van der Waals surface area contributed by atoms with Crippen molar-refractivity contribution in [2.24, 2.45) is 0 Å². The van der Waals surface area contributed by atoms with Gasteiger partial charge in [-0.05, 0) is 35.9 Å². The molecular formula is C18H13FN6S. The maximum atomic E-state index is 13.0. The van der Waals surface area contributed by atoms with Crippen molar-refractivity contribution in [2.45, 2.75) is 6.54 Å². The van der Waals surface area contributed by atoms with E-state index in [1.807, 2.05) is 28.1 Å². The smallest absolute Gasteiger partial charge is 0.253 e. The summed E-state index contributed by atoms with van der Waals surface area (Å²) in [5, 5.41) is 9.32. The monoisotopic (exact) mass is 364 g/mol. The second kappa shape index (κ2) is 5.92. The van der Waals surface area contributed by atoms with Crippen molar-refractivity contribution in [3.8, 4) is 10.6 Å². The number of H-pyrrole nitrogens is 1. The normalized spacial score (nSPS) is 11.4. The first-order chi connectivity index (χ1) is 12.8. The molecule has 0 spiro atoms. The van der Waals surface area contributed by atoms with Gasteiger partial charge in [0.1, 0.15) is 10.8 Å². The van der Waals surface area contributed by atoms with Crippen LogP contribution in [0.25, 0.3) is 27.4 Å². The van der Waals surface area contributed by atoms with Crippen LogP contribution >= 0.6 is 11.3 Å². The van der Waals surface area contributed by atoms with Gasteiger partial charge in [0.15, 0.2) is 0 Å². The van der Waals surface area contributed by atoms with E-state index < -0.39 is 0 Å². The quantitative estimate of drug-likeness (QED) is 0.504. The molecule has 0 fully saturated rings. The summed E-state index contributed by atoms with van der Waals surface area (Å²) < 4.78 is 14.8. The van der Waals surface area contributed by atoms with E-state index in [0.29, 0.717) is 18.3 Å². The third kappa shape index (κ3) is 2.60. The molecule has 8 heteroatoms. The largest absolute Gasteiger partial charge is 0.351 e. The summed E-state index contributed by atoms with van der Waals surface area (Å²) in [6.07, 6.45) is 1.79. The molecule has 0 bridgehead atoms. The van der Waals surface area contributed by atoms with Crippen LogP contribution in [0.5, 0.6) is 0 Å². The Labute approximate surface area is 151 Å². The van der Waals surface area contributed by atoms with Gasteiger partial charge in [-0.1, -0.05) is 12.1 Å². The maximum absolute atomic E-state index is 13.0. The fraction of sp³-hybridized carbons (Fsp3) is 0.0556. The number of aromatic nitrogens is 5. The number of nitrogens with one attached hydrogen (secondary N) is 2. The summed E-state index contributed by atoms with van der Waals surface area (Å²) in [6.45, 7) is 0.545. The van der Waals surface area contributed by atoms with Gasteiger partial charge in [-0.15, -0.1) is 11.3 Å². The Hall–Kier alpha value is -3.26. The molecule has 5 rings (SSSR count). The van der Waals surface area contributed by atoms with Crippen molar-refractivity contribution in [1.82, 2.24) is 24.6 Å². The molecule has 6 nitrogen and oxygen atoms in total. The van der Waals surface area contributed by atoms with Gasteiger partial charge in [-0.2, -0.15) is 4.98 Å². The van der Waals surface area contributed by atoms with Crippen molar-refractivity contribution in [1.29, 1.82) is 0 Å². The van der Waals surface area contributed by atoms with Gasteiger partial charge in [0.2, 0.25) is 5.95 Å². The predicted molar refractivity (Wildman–Crippen MR) is 99.7 cm³/mol. The van der Waals surface area contributed by atoms with Gasteiger partial charge in [-0.3, -0.25) is 5.10 Å². The Bertz CT molecular complexity index is 1190. The number of aromatic amines is 1. The molecule has 0 aliphatic carbocycles. The topological polar surface area (TPSA) is 70.9 Å². The van der Waals surface area contributed by atoms with Crippen molar-refractivity contribution in [3.05, 3.63) is 65.4 Å². The number of rotatable bonds is 4. The molecule has 2 aromatic carbocycles. The third-order valence-electron chi connectivity index (χ3n) is 4.12. The Balaban J connectivity index is 1.43. The fourth-order valence-corrected chi connectivity index (χ4v) is 3.49. The highest BCUT2D eigenvalue weighted by Crippen LogP contribution is 2.26. The lowest BCUT2D eigenvalue weighted by Crippen LogP contribution is -2.01. The molecule has 0 unspecified atom stereocenters. The molecule has 3 heterocycles. The van der Waals surface area contributed by atoms with Crippen molar-refractivity contribution in [2.75, 3.05) is 5.32 Å². The molecular weight excluding hydrogens is 351 g/mol. The second-order valence-corrected chi connectivity index (χ2v) is 6.73. The molecule has 26 heavy (non-hydrogen) atoms. The van der Waals surface area contributed by atoms with Crippen LogP contribution in [-0.4, -0.2) is 24.6 Å². The molecule has 2 N–H and O–H groups in total. The Morgan fingerprint density at radius 2 is 2.00 bits per heavy atom. The lowest BCUT2D eigenvalue weighted by atomic mass is 10.2. The van der Waals surface area contributed by atoms with Crippen LogP contribution in [0.1, 0.15) is 5.56 Å². The molecule has 0 saturated carbocycles. The first-order valence-corrected chi connectivity index (χ1v) is 8.91. The number of hydrogen-bond acceptors (Lipinski definition) is 5. The molecule has 3 aromatic heterocycles. The van der Waals surface area contributed by atoms with Gasteiger partial charge in [-0.25, -0.2) is 18.9 Å². The van der Waals surface area contributed by atoms with Crippen molar-refractivity contribution in [3.63, 3.8) is 0 Å². The number of halogens is 1. The zero-order chi connectivity index (χ0) is 17.5. The van der Waals surface area contributed by atoms with E-state index in [2.05, 4.69) is 25.4 Å². The molecule has 0 aliphatic rings. The fourth-order valence-electron chi connectivity index (χ4n) is 2.85. The highest BCUT2D eigenvalue weighted by Gasteiger charge is 2.11. The van der Waals surface area contributed by atoms with E-state index in [4.69, 9.17) is 0 Å². The number of thiazole rings is 1. The minimum atomic E-state index is -0.242. The first kappa shape index (κ1) is 15.0. The number of imidazole rings is 1. The number of benzene rings is 2. The van der Waals surface area contributed by atoms with E-state index >= 15 is 0 Å². The minimum Gasteiger partial charge on any atom is -0.351 e. The van der Waals surface area contributed by atoms with Gasteiger partial charge >= 0.3 is 0 Å². The van der Waals surface area contributed by atoms with Crippen LogP contribution in [0.2, 0.25) is 0 Å². The van der Waals surface area contributed by atoms with E-state index in [9.17, 15) is 4.39 Å². The average Bonchev–Trinajstić information content (AvgIpc) is 3.37. The summed E-state index contributed by atoms with van der Waals surface area (Å²) in [4.78, 5) is 13.4. The lowest BCUT2D eigenvalue weighted by molar-refractivity contribution is 0.627. The summed E-state index contributed by atoms with van der Waals surface area (Å²) >= 11 is 1.60. The summed E-state index contributed by atoms with van der Waals surface area (Å²) in [5.41, 5.74) is 3.82. The van der Waals surface area contributed by atoms with Crippen LogP contribution < -0.4 is 5.32 Å². The van der Waals surface area contributed by atoms with Gasteiger partial charge in [0.25, 0.3) is 5.78 Å². The van der Waals surface area contributed by atoms with Crippen LogP contribution in [0.15, 0.2) is 54.0 Å². The van der Waals surface area contributed by atoms with E-state index in [1.165, 1.54) is 12.1 Å². The number of hydrogen-bond donors (Lipinski definition) is 2. The van der Waals surface area contributed by atoms with Gasteiger partial charge in [0, 0.05) is 23.7 Å². The SMILES string of the molecule is Fc1ccc(CNc2nc3nc4cc(-c5nccs5)ccc4n3[nH]2)cc1. The number of nitrogens with zero attached hydrogens (tertiary/aromatic N) is 4. The van der Waals surface area contributed by atoms with Crippen LogP contribution in [0, 0.1) is 5.82 Å². The van der Waals surface area contributed by atoms with Crippen molar-refractivity contribution < 1.29 is 4.39 Å². The minimum absolute atomic E-state index is 0.242. The molecule has 128 valence electrons. The number of anilines is 1. The Morgan fingerprint density at radius 1 is 1.12 bits per heavy atom. The average molecular weight is 364 g/mol. The predicted octanol–water partition coefficient (Wildman–Crippen LogP) is 4.09. The van der Waals surface area contributed by atoms with E-state index in [0.717, 1.165) is 27.2 Å². The van der Waals surface area contributed by atoms with E-state index in [1.54, 1.807) is 29.7 Å². The standard InChI is InChI=1S/C18H13FN6S/c19-13-4-1-11(2-5-13)10-21-17-23-18-22-14-9-12(16-20-7-8-26-16)3-6-15(14)25(18)24-17/h1-9H,10H2,(H2,21,22,23,24). The molecule has 0 radical (unpaired) electrons. The molecule has 0 saturated heterocycles. The Kier molecular flexibility index (Phi) is 3.42. The van der Waals surface area contributed by atoms with Gasteiger partial charge in [0.05, 0.1) is 11.0 Å². The summed E-state index contributed by atoms with van der Waals surface area (Å²) in [5.74, 6) is 0.967. The zero-order valence-corrected chi connectivity index (χ0v) is 14.3. The third-order valence-corrected chi connectivity index (χ3v) is 4.94. The molecule has 0 aliphatic heterocycles. The maximum Gasteiger partial charge on any atom is 0.253 e. The second-order valence-electron chi connectivity index (χ2n) is 5.84. The highest BCUT2D eigenvalue weighted by atomic mass is 32.1. The number of fused-ring (bicyclic) bond motifs is 3. The van der Waals surface area contributed by atoms with E-state index in [-0.39, 0.29) is 5.82 Å². The summed E-state index contributed by atoms with van der Waals surface area (Å²) in [7, 11) is 0. The molecule has 0 atom stereocenters. The van der Waals surface area contributed by atoms with Crippen LogP contribution in [0.3, 0.4) is 0 Å². The highest BCUT2D eigenvalue weighted by molar-refractivity contribution is 7.13. The zero-order valence-electron chi connectivity index (χ0n) is 13.5. The first-order valence-electron chi connectivity index (χ1n) is 8.03. The van der Waals surface area contributed by atoms with Crippen molar-refractivity contribution >= 4 is 34.1 Å². The molecule has 5 aromatic rings. The lowest BCUT2D eigenvalue weighted by Gasteiger charge is -2.02. The van der Waals surface area contributed by atoms with Crippen LogP contribution in [0.4, 0.5) is 10.3 Å². The Morgan fingerprint density at radius 3 is 2.81 bits per heavy atom.